The molecule has 19 heavy (non-hydrogen) atoms. The van der Waals surface area contributed by atoms with Crippen molar-refractivity contribution in [1.82, 2.24) is 0 Å². The van der Waals surface area contributed by atoms with Crippen molar-refractivity contribution in [2.75, 3.05) is 10.2 Å². The highest BCUT2D eigenvalue weighted by Crippen LogP contribution is 2.22. The molecule has 0 fully saturated rings. The third kappa shape index (κ3) is 5.42. The second kappa shape index (κ2) is 7.62. The van der Waals surface area contributed by atoms with Crippen molar-refractivity contribution >= 4 is 32.4 Å². The van der Waals surface area contributed by atoms with E-state index in [1.165, 1.54) is 0 Å². The molecule has 4 heteroatoms. The Labute approximate surface area is 131 Å². The summed E-state index contributed by atoms with van der Waals surface area (Å²) >= 11 is 2.37. The minimum absolute atomic E-state index is 0.253. The number of hydrogen-bond donors (Lipinski definition) is 0. The summed E-state index contributed by atoms with van der Waals surface area (Å²) in [5, 5.41) is 0. The molecule has 0 heterocycles. The minimum atomic E-state index is -3.12. The summed E-state index contributed by atoms with van der Waals surface area (Å²) in [5.74, 6) is 1.29. The fourth-order valence-electron chi connectivity index (χ4n) is 1.95. The van der Waals surface area contributed by atoms with Crippen molar-refractivity contribution in [3.05, 3.63) is 29.8 Å². The number of benzene rings is 1. The van der Waals surface area contributed by atoms with E-state index in [0.29, 0.717) is 16.7 Å². The van der Waals surface area contributed by atoms with Crippen LogP contribution in [0.3, 0.4) is 0 Å². The fourth-order valence-corrected chi connectivity index (χ4v) is 4.40. The van der Waals surface area contributed by atoms with Crippen LogP contribution in [0.25, 0.3) is 0 Å². The van der Waals surface area contributed by atoms with Crippen LogP contribution >= 0.6 is 22.6 Å². The molecule has 1 aromatic rings. The van der Waals surface area contributed by atoms with Crippen LogP contribution in [-0.2, 0) is 9.84 Å². The van der Waals surface area contributed by atoms with E-state index in [2.05, 4.69) is 36.4 Å². The molecule has 2 nitrogen and oxygen atoms in total. The zero-order valence-corrected chi connectivity index (χ0v) is 14.9. The van der Waals surface area contributed by atoms with Crippen molar-refractivity contribution in [2.24, 2.45) is 11.8 Å². The third-order valence-corrected chi connectivity index (χ3v) is 6.14. The van der Waals surface area contributed by atoms with Gasteiger partial charge >= 0.3 is 0 Å². The van der Waals surface area contributed by atoms with Crippen LogP contribution in [0.4, 0.5) is 0 Å². The number of alkyl halides is 1. The summed E-state index contributed by atoms with van der Waals surface area (Å²) in [6.07, 6.45) is 1.90. The second-order valence-corrected chi connectivity index (χ2v) is 8.54. The van der Waals surface area contributed by atoms with Gasteiger partial charge in [0.1, 0.15) is 0 Å². The first-order valence-corrected chi connectivity index (χ1v) is 9.90. The van der Waals surface area contributed by atoms with Crippen LogP contribution in [-0.4, -0.2) is 18.6 Å². The molecule has 0 aromatic heterocycles. The lowest BCUT2D eigenvalue weighted by Crippen LogP contribution is -2.15. The molecule has 108 valence electrons. The molecule has 0 spiro atoms. The third-order valence-electron chi connectivity index (χ3n) is 3.76. The Hall–Kier alpha value is -0.100. The number of sulfone groups is 1. The molecule has 1 rings (SSSR count). The average Bonchev–Trinajstić information content (AvgIpc) is 2.37. The van der Waals surface area contributed by atoms with E-state index in [1.54, 1.807) is 12.1 Å². The Kier molecular flexibility index (Phi) is 6.80. The number of hydrogen-bond acceptors (Lipinski definition) is 2. The molecule has 0 aliphatic rings. The largest absolute Gasteiger partial charge is 0.224 e. The van der Waals surface area contributed by atoms with Gasteiger partial charge < -0.3 is 0 Å². The molecule has 0 aliphatic heterocycles. The zero-order valence-electron chi connectivity index (χ0n) is 11.9. The SMILES string of the molecule is Cc1ccc(S(=O)(=O)CCC(C)C(C)CCI)cc1. The molecule has 0 aliphatic carbocycles. The first-order valence-electron chi connectivity index (χ1n) is 6.72. The van der Waals surface area contributed by atoms with Gasteiger partial charge in [0.25, 0.3) is 0 Å². The summed E-state index contributed by atoms with van der Waals surface area (Å²) in [6.45, 7) is 6.33. The van der Waals surface area contributed by atoms with Gasteiger partial charge in [0.05, 0.1) is 10.6 Å². The van der Waals surface area contributed by atoms with Gasteiger partial charge in [-0.05, 0) is 48.2 Å². The predicted molar refractivity (Wildman–Crippen MR) is 89.7 cm³/mol. The van der Waals surface area contributed by atoms with Gasteiger partial charge in [0.15, 0.2) is 9.84 Å². The van der Waals surface area contributed by atoms with E-state index in [0.717, 1.165) is 22.8 Å². The summed E-state index contributed by atoms with van der Waals surface area (Å²) in [4.78, 5) is 0.451. The van der Waals surface area contributed by atoms with Crippen molar-refractivity contribution in [3.63, 3.8) is 0 Å². The minimum Gasteiger partial charge on any atom is -0.224 e. The summed E-state index contributed by atoms with van der Waals surface area (Å²) in [7, 11) is -3.12. The predicted octanol–water partition coefficient (Wildman–Crippen LogP) is 4.26. The molecule has 0 N–H and O–H groups in total. The lowest BCUT2D eigenvalue weighted by molar-refractivity contribution is 0.371. The standard InChI is InChI=1S/C15H23IO2S/c1-12-4-6-15(7-5-12)19(17,18)11-9-14(3)13(2)8-10-16/h4-7,13-14H,8-11H2,1-3H3. The van der Waals surface area contributed by atoms with E-state index < -0.39 is 9.84 Å². The molecular weight excluding hydrogens is 371 g/mol. The quantitative estimate of drug-likeness (QED) is 0.512. The maximum atomic E-state index is 12.2. The maximum absolute atomic E-state index is 12.2. The van der Waals surface area contributed by atoms with Crippen molar-refractivity contribution < 1.29 is 8.42 Å². The molecule has 0 saturated carbocycles. The molecule has 0 saturated heterocycles. The number of rotatable bonds is 7. The van der Waals surface area contributed by atoms with Crippen molar-refractivity contribution in [1.29, 1.82) is 0 Å². The van der Waals surface area contributed by atoms with Crippen LogP contribution in [0.5, 0.6) is 0 Å². The molecular formula is C15H23IO2S. The van der Waals surface area contributed by atoms with Gasteiger partial charge in [-0.1, -0.05) is 54.1 Å². The summed E-state index contributed by atoms with van der Waals surface area (Å²) in [5.41, 5.74) is 1.09. The number of aryl methyl sites for hydroxylation is 1. The average molecular weight is 394 g/mol. The van der Waals surface area contributed by atoms with Crippen LogP contribution in [0.2, 0.25) is 0 Å². The van der Waals surface area contributed by atoms with Crippen LogP contribution in [0, 0.1) is 18.8 Å². The highest BCUT2D eigenvalue weighted by Gasteiger charge is 2.18. The lowest BCUT2D eigenvalue weighted by atomic mass is 9.92. The zero-order chi connectivity index (χ0) is 14.5. The van der Waals surface area contributed by atoms with Gasteiger partial charge in [-0.25, -0.2) is 8.42 Å². The monoisotopic (exact) mass is 394 g/mol. The van der Waals surface area contributed by atoms with E-state index >= 15 is 0 Å². The van der Waals surface area contributed by atoms with Gasteiger partial charge in [-0.2, -0.15) is 0 Å². The van der Waals surface area contributed by atoms with Crippen molar-refractivity contribution in [3.8, 4) is 0 Å². The number of halogens is 1. The Morgan fingerprint density at radius 3 is 2.11 bits per heavy atom. The van der Waals surface area contributed by atoms with E-state index in [1.807, 2.05) is 19.1 Å². The fraction of sp³-hybridized carbons (Fsp3) is 0.600. The molecule has 2 atom stereocenters. The summed E-state index contributed by atoms with van der Waals surface area (Å²) in [6, 6.07) is 7.14. The molecule has 1 aromatic carbocycles. The highest BCUT2D eigenvalue weighted by molar-refractivity contribution is 14.1. The van der Waals surface area contributed by atoms with Gasteiger partial charge in [-0.3, -0.25) is 0 Å². The van der Waals surface area contributed by atoms with E-state index in [9.17, 15) is 8.42 Å². The van der Waals surface area contributed by atoms with Crippen molar-refractivity contribution in [2.45, 2.75) is 38.5 Å². The molecule has 0 radical (unpaired) electrons. The topological polar surface area (TPSA) is 34.1 Å². The Morgan fingerprint density at radius 2 is 1.58 bits per heavy atom. The molecule has 0 bridgehead atoms. The maximum Gasteiger partial charge on any atom is 0.178 e. The summed E-state index contributed by atoms with van der Waals surface area (Å²) < 4.78 is 25.6. The van der Waals surface area contributed by atoms with Crippen LogP contribution < -0.4 is 0 Å². The van der Waals surface area contributed by atoms with Gasteiger partial charge in [-0.15, -0.1) is 0 Å². The van der Waals surface area contributed by atoms with Crippen LogP contribution in [0.15, 0.2) is 29.2 Å². The molecule has 2 unspecified atom stereocenters. The van der Waals surface area contributed by atoms with Gasteiger partial charge in [0.2, 0.25) is 0 Å². The lowest BCUT2D eigenvalue weighted by Gasteiger charge is -2.18. The first-order chi connectivity index (χ1) is 8.86. The Bertz CT molecular complexity index is 479. The second-order valence-electron chi connectivity index (χ2n) is 5.35. The smallest absolute Gasteiger partial charge is 0.178 e. The van der Waals surface area contributed by atoms with Crippen LogP contribution in [0.1, 0.15) is 32.3 Å². The van der Waals surface area contributed by atoms with E-state index in [-0.39, 0.29) is 5.75 Å². The normalized spacial score (nSPS) is 15.2. The highest BCUT2D eigenvalue weighted by atomic mass is 127. The van der Waals surface area contributed by atoms with E-state index in [4.69, 9.17) is 0 Å². The van der Waals surface area contributed by atoms with Gasteiger partial charge in [0, 0.05) is 0 Å². The molecule has 0 amide bonds. The Balaban J connectivity index is 2.63. The first kappa shape index (κ1) is 17.0. The Morgan fingerprint density at radius 1 is 1.05 bits per heavy atom.